The SMILES string of the molecule is COc1cc(OCC(=O)NC2CCc3c2ccc(Cl)c3Cl)ccc1[N+](=O)[O-]. The van der Waals surface area contributed by atoms with Crippen LogP contribution >= 0.6 is 23.2 Å². The number of ether oxygens (including phenoxy) is 2. The number of amides is 1. The van der Waals surface area contributed by atoms with Gasteiger partial charge >= 0.3 is 5.69 Å². The van der Waals surface area contributed by atoms with Crippen molar-refractivity contribution in [2.75, 3.05) is 13.7 Å². The lowest BCUT2D eigenvalue weighted by molar-refractivity contribution is -0.385. The third-order valence-corrected chi connectivity index (χ3v) is 5.19. The predicted octanol–water partition coefficient (Wildman–Crippen LogP) is 4.09. The predicted molar refractivity (Wildman–Crippen MR) is 101 cm³/mol. The average Bonchev–Trinajstić information content (AvgIpc) is 3.06. The van der Waals surface area contributed by atoms with Gasteiger partial charge < -0.3 is 14.8 Å². The van der Waals surface area contributed by atoms with Crippen LogP contribution in [0.3, 0.4) is 0 Å². The van der Waals surface area contributed by atoms with Crippen LogP contribution in [-0.4, -0.2) is 24.5 Å². The maximum absolute atomic E-state index is 12.2. The number of rotatable bonds is 6. The normalized spacial score (nSPS) is 15.1. The van der Waals surface area contributed by atoms with E-state index in [2.05, 4.69) is 5.32 Å². The second-order valence-electron chi connectivity index (χ2n) is 5.97. The first-order valence-corrected chi connectivity index (χ1v) is 8.87. The molecule has 1 atom stereocenters. The van der Waals surface area contributed by atoms with Gasteiger partial charge in [0.2, 0.25) is 5.75 Å². The molecule has 0 spiro atoms. The Kier molecular flexibility index (Phi) is 5.72. The summed E-state index contributed by atoms with van der Waals surface area (Å²) < 4.78 is 10.4. The van der Waals surface area contributed by atoms with Gasteiger partial charge in [0.05, 0.1) is 28.1 Å². The van der Waals surface area contributed by atoms with Gasteiger partial charge in [-0.2, -0.15) is 0 Å². The molecule has 2 aromatic rings. The van der Waals surface area contributed by atoms with Crippen LogP contribution in [0.4, 0.5) is 5.69 Å². The van der Waals surface area contributed by atoms with E-state index >= 15 is 0 Å². The number of benzene rings is 2. The second kappa shape index (κ2) is 8.02. The van der Waals surface area contributed by atoms with E-state index in [-0.39, 0.29) is 30.0 Å². The molecule has 9 heteroatoms. The van der Waals surface area contributed by atoms with Gasteiger partial charge in [0.1, 0.15) is 5.75 Å². The number of carbonyl (C=O) groups excluding carboxylic acids is 1. The lowest BCUT2D eigenvalue weighted by atomic mass is 10.1. The highest BCUT2D eigenvalue weighted by molar-refractivity contribution is 6.42. The Morgan fingerprint density at radius 1 is 1.33 bits per heavy atom. The number of nitrogens with zero attached hydrogens (tertiary/aromatic N) is 1. The van der Waals surface area contributed by atoms with Gasteiger partial charge in [-0.15, -0.1) is 0 Å². The molecule has 7 nitrogen and oxygen atoms in total. The molecule has 0 heterocycles. The molecule has 0 saturated heterocycles. The first-order chi connectivity index (χ1) is 12.9. The van der Waals surface area contributed by atoms with Gasteiger partial charge in [0.25, 0.3) is 5.91 Å². The number of hydrogen-bond donors (Lipinski definition) is 1. The Balaban J connectivity index is 1.62. The summed E-state index contributed by atoms with van der Waals surface area (Å²) in [7, 11) is 1.33. The third-order valence-electron chi connectivity index (χ3n) is 4.34. The molecule has 0 aliphatic heterocycles. The summed E-state index contributed by atoms with van der Waals surface area (Å²) in [6.07, 6.45) is 1.46. The van der Waals surface area contributed by atoms with Gasteiger partial charge in [-0.05, 0) is 36.1 Å². The van der Waals surface area contributed by atoms with Gasteiger partial charge in [0.15, 0.2) is 6.61 Å². The smallest absolute Gasteiger partial charge is 0.311 e. The van der Waals surface area contributed by atoms with Gasteiger partial charge in [0, 0.05) is 12.1 Å². The van der Waals surface area contributed by atoms with Crippen molar-refractivity contribution in [3.63, 3.8) is 0 Å². The number of carbonyl (C=O) groups is 1. The quantitative estimate of drug-likeness (QED) is 0.571. The lowest BCUT2D eigenvalue weighted by Gasteiger charge is -2.15. The molecule has 0 fully saturated rings. The number of nitrogens with one attached hydrogen (secondary N) is 1. The Morgan fingerprint density at radius 3 is 2.81 bits per heavy atom. The van der Waals surface area contributed by atoms with Crippen molar-refractivity contribution < 1.29 is 19.2 Å². The molecular formula is C18H16Cl2N2O5. The zero-order chi connectivity index (χ0) is 19.6. The van der Waals surface area contributed by atoms with E-state index in [0.29, 0.717) is 15.8 Å². The van der Waals surface area contributed by atoms with Crippen LogP contribution in [0.25, 0.3) is 0 Å². The molecule has 1 unspecified atom stereocenters. The molecule has 1 amide bonds. The van der Waals surface area contributed by atoms with E-state index in [1.807, 2.05) is 6.07 Å². The minimum atomic E-state index is -0.551. The van der Waals surface area contributed by atoms with Crippen molar-refractivity contribution in [1.82, 2.24) is 5.32 Å². The monoisotopic (exact) mass is 410 g/mol. The molecule has 142 valence electrons. The Bertz CT molecular complexity index is 904. The van der Waals surface area contributed by atoms with E-state index in [1.54, 1.807) is 6.07 Å². The highest BCUT2D eigenvalue weighted by Gasteiger charge is 2.27. The summed E-state index contributed by atoms with van der Waals surface area (Å²) in [5.74, 6) is 0.0552. The third kappa shape index (κ3) is 4.09. The zero-order valence-corrected chi connectivity index (χ0v) is 15.8. The minimum Gasteiger partial charge on any atom is -0.490 e. The summed E-state index contributed by atoms with van der Waals surface area (Å²) in [5, 5.41) is 14.8. The largest absolute Gasteiger partial charge is 0.490 e. The number of fused-ring (bicyclic) bond motifs is 1. The molecule has 3 rings (SSSR count). The molecule has 1 N–H and O–H groups in total. The molecule has 1 aliphatic rings. The second-order valence-corrected chi connectivity index (χ2v) is 6.75. The van der Waals surface area contributed by atoms with Crippen molar-refractivity contribution in [2.24, 2.45) is 0 Å². The van der Waals surface area contributed by atoms with Crippen molar-refractivity contribution in [2.45, 2.75) is 18.9 Å². The first kappa shape index (κ1) is 19.3. The Hall–Kier alpha value is -2.51. The highest BCUT2D eigenvalue weighted by atomic mass is 35.5. The number of halogens is 2. The molecule has 0 saturated carbocycles. The zero-order valence-electron chi connectivity index (χ0n) is 14.3. The molecule has 0 aromatic heterocycles. The fraction of sp³-hybridized carbons (Fsp3) is 0.278. The fourth-order valence-corrected chi connectivity index (χ4v) is 3.51. The topological polar surface area (TPSA) is 90.7 Å². The van der Waals surface area contributed by atoms with Crippen LogP contribution in [0.2, 0.25) is 10.0 Å². The minimum absolute atomic E-state index is 0.0640. The van der Waals surface area contributed by atoms with Crippen LogP contribution in [0, 0.1) is 10.1 Å². The van der Waals surface area contributed by atoms with Crippen molar-refractivity contribution in [1.29, 1.82) is 0 Å². The summed E-state index contributed by atoms with van der Waals surface area (Å²) >= 11 is 12.2. The van der Waals surface area contributed by atoms with Gasteiger partial charge in [-0.3, -0.25) is 14.9 Å². The molecular weight excluding hydrogens is 395 g/mol. The van der Waals surface area contributed by atoms with E-state index < -0.39 is 4.92 Å². The summed E-state index contributed by atoms with van der Waals surface area (Å²) in [6, 6.07) is 7.48. The summed E-state index contributed by atoms with van der Waals surface area (Å²) in [6.45, 7) is -0.228. The van der Waals surface area contributed by atoms with Crippen LogP contribution < -0.4 is 14.8 Å². The van der Waals surface area contributed by atoms with Crippen LogP contribution in [0.5, 0.6) is 11.5 Å². The van der Waals surface area contributed by atoms with Crippen LogP contribution in [0.1, 0.15) is 23.6 Å². The van der Waals surface area contributed by atoms with Crippen LogP contribution in [0.15, 0.2) is 30.3 Å². The van der Waals surface area contributed by atoms with E-state index in [0.717, 1.165) is 24.0 Å². The summed E-state index contributed by atoms with van der Waals surface area (Å²) in [4.78, 5) is 22.6. The lowest BCUT2D eigenvalue weighted by Crippen LogP contribution is -2.31. The maximum atomic E-state index is 12.2. The van der Waals surface area contributed by atoms with Crippen molar-refractivity contribution in [3.05, 3.63) is 61.6 Å². The number of nitro groups is 1. The standard InChI is InChI=1S/C18H16Cl2N2O5/c1-26-16-8-10(2-7-15(16)22(24)25)27-9-17(23)21-14-6-4-12-11(14)3-5-13(19)18(12)20/h2-3,5,7-8,14H,4,6,9H2,1H3,(H,21,23). The number of methoxy groups -OCH3 is 1. The molecule has 27 heavy (non-hydrogen) atoms. The fourth-order valence-electron chi connectivity index (χ4n) is 3.07. The van der Waals surface area contributed by atoms with Gasteiger partial charge in [-0.1, -0.05) is 29.3 Å². The Labute approximate surface area is 165 Å². The summed E-state index contributed by atoms with van der Waals surface area (Å²) in [5.41, 5.74) is 1.73. The van der Waals surface area contributed by atoms with Crippen LogP contribution in [-0.2, 0) is 11.2 Å². The number of hydrogen-bond acceptors (Lipinski definition) is 5. The van der Waals surface area contributed by atoms with E-state index in [4.69, 9.17) is 32.7 Å². The Morgan fingerprint density at radius 2 is 2.11 bits per heavy atom. The number of nitro benzene ring substituents is 1. The molecule has 0 bridgehead atoms. The van der Waals surface area contributed by atoms with Crippen molar-refractivity contribution >= 4 is 34.8 Å². The van der Waals surface area contributed by atoms with Gasteiger partial charge in [-0.25, -0.2) is 0 Å². The molecule has 2 aromatic carbocycles. The van der Waals surface area contributed by atoms with E-state index in [9.17, 15) is 14.9 Å². The van der Waals surface area contributed by atoms with E-state index in [1.165, 1.54) is 25.3 Å². The molecule has 0 radical (unpaired) electrons. The maximum Gasteiger partial charge on any atom is 0.311 e. The first-order valence-electron chi connectivity index (χ1n) is 8.12. The highest BCUT2D eigenvalue weighted by Crippen LogP contribution is 2.39. The molecule has 1 aliphatic carbocycles. The average molecular weight is 411 g/mol. The van der Waals surface area contributed by atoms with Crippen molar-refractivity contribution in [3.8, 4) is 11.5 Å².